The Morgan fingerprint density at radius 1 is 1.05 bits per heavy atom. The van der Waals surface area contributed by atoms with Crippen LogP contribution in [-0.2, 0) is 18.9 Å². The van der Waals surface area contributed by atoms with Crippen LogP contribution in [0.25, 0.3) is 0 Å². The number of pyridine rings is 1. The third-order valence-electron chi connectivity index (χ3n) is 7.58. The molecule has 0 atom stereocenters. The lowest BCUT2D eigenvalue weighted by Crippen LogP contribution is -2.69. The molecule has 0 bridgehead atoms. The minimum atomic E-state index is -4.45. The molecule has 2 aromatic rings. The lowest BCUT2D eigenvalue weighted by Gasteiger charge is -2.60. The number of hydrogen-bond donors (Lipinski definition) is 1. The zero-order valence-electron chi connectivity index (χ0n) is 20.0. The lowest BCUT2D eigenvalue weighted by atomic mass is 9.56. The van der Waals surface area contributed by atoms with Crippen molar-refractivity contribution < 1.29 is 35.9 Å². The molecule has 37 heavy (non-hydrogen) atoms. The van der Waals surface area contributed by atoms with Crippen LogP contribution in [0.3, 0.4) is 0 Å². The monoisotopic (exact) mass is 528 g/mol. The number of alkyl halides is 6. The summed E-state index contributed by atoms with van der Waals surface area (Å²) in [6.07, 6.45) is -5.95. The topological polar surface area (TPSA) is 57.7 Å². The predicted molar refractivity (Wildman–Crippen MR) is 121 cm³/mol. The normalized spacial score (nSPS) is 19.9. The van der Waals surface area contributed by atoms with Crippen LogP contribution in [0.1, 0.15) is 41.1 Å². The number of halogens is 6. The molecule has 1 aromatic carbocycles. The molecule has 3 heterocycles. The average molecular weight is 528 g/mol. The van der Waals surface area contributed by atoms with Crippen molar-refractivity contribution in [3.63, 3.8) is 0 Å². The lowest BCUT2D eigenvalue weighted by molar-refractivity contribution is -0.141. The van der Waals surface area contributed by atoms with E-state index in [1.54, 1.807) is 9.80 Å². The van der Waals surface area contributed by atoms with Crippen LogP contribution in [0, 0.1) is 5.41 Å². The van der Waals surface area contributed by atoms with Crippen molar-refractivity contribution in [2.45, 2.75) is 43.7 Å². The molecule has 2 amide bonds. The van der Waals surface area contributed by atoms with Gasteiger partial charge in [0.25, 0.3) is 0 Å². The highest BCUT2D eigenvalue weighted by Crippen LogP contribution is 2.56. The van der Waals surface area contributed by atoms with E-state index in [2.05, 4.69) is 10.3 Å². The van der Waals surface area contributed by atoms with Gasteiger partial charge in [-0.15, -0.1) is 0 Å². The number of nitrogens with zero attached hydrogens (tertiary/aromatic N) is 3. The third-order valence-corrected chi connectivity index (χ3v) is 7.58. The number of likely N-dealkylation sites (tertiary alicyclic amines) is 2. The number of amides is 2. The summed E-state index contributed by atoms with van der Waals surface area (Å²) in [5, 5.41) is 3.25. The van der Waals surface area contributed by atoms with Crippen LogP contribution < -0.4 is 10.1 Å². The van der Waals surface area contributed by atoms with Crippen LogP contribution in [0.2, 0.25) is 0 Å². The molecular formula is C25H26F6N4O2. The van der Waals surface area contributed by atoms with E-state index in [9.17, 15) is 31.1 Å². The molecule has 1 N–H and O–H groups in total. The standard InChI is InChI=1S/C25H26F6N4O2/c1-37-20-6-18(24(26,27)28)4-2-16(20)10-32-19-11-34(12-19)22(36)35-13-23(14-35)7-17(8-23)15-3-5-21(33-9-15)25(29,30)31/h2-6,9,17,19,32H,7-8,10-14H2,1H3. The molecule has 1 saturated carbocycles. The van der Waals surface area contributed by atoms with Gasteiger partial charge in [-0.1, -0.05) is 12.1 Å². The second kappa shape index (κ2) is 9.07. The minimum absolute atomic E-state index is 0.0324. The highest BCUT2D eigenvalue weighted by molar-refractivity contribution is 5.76. The summed E-state index contributed by atoms with van der Waals surface area (Å²) < 4.78 is 81.9. The number of benzene rings is 1. The zero-order valence-corrected chi connectivity index (χ0v) is 20.0. The summed E-state index contributed by atoms with van der Waals surface area (Å²) in [6, 6.07) is 5.88. The summed E-state index contributed by atoms with van der Waals surface area (Å²) in [5.41, 5.74) is -0.233. The van der Waals surface area contributed by atoms with E-state index in [0.29, 0.717) is 38.3 Å². The van der Waals surface area contributed by atoms with E-state index in [-0.39, 0.29) is 29.2 Å². The number of aromatic nitrogens is 1. The van der Waals surface area contributed by atoms with E-state index in [1.165, 1.54) is 25.4 Å². The first kappa shape index (κ1) is 25.6. The maximum Gasteiger partial charge on any atom is 0.433 e. The van der Waals surface area contributed by atoms with E-state index in [4.69, 9.17) is 4.74 Å². The predicted octanol–water partition coefficient (Wildman–Crippen LogP) is 4.90. The summed E-state index contributed by atoms with van der Waals surface area (Å²) in [4.78, 5) is 19.8. The van der Waals surface area contributed by atoms with E-state index < -0.39 is 23.6 Å². The molecule has 2 aliphatic heterocycles. The van der Waals surface area contributed by atoms with Crippen molar-refractivity contribution >= 4 is 6.03 Å². The number of urea groups is 1. The minimum Gasteiger partial charge on any atom is -0.496 e. The molecule has 12 heteroatoms. The molecule has 6 nitrogen and oxygen atoms in total. The Morgan fingerprint density at radius 3 is 2.32 bits per heavy atom. The quantitative estimate of drug-likeness (QED) is 0.561. The molecule has 200 valence electrons. The van der Waals surface area contributed by atoms with Gasteiger partial charge in [-0.3, -0.25) is 4.98 Å². The first-order valence-corrected chi connectivity index (χ1v) is 11.9. The van der Waals surface area contributed by atoms with Crippen molar-refractivity contribution in [3.8, 4) is 5.75 Å². The molecule has 1 aromatic heterocycles. The Morgan fingerprint density at radius 2 is 1.76 bits per heavy atom. The van der Waals surface area contributed by atoms with Gasteiger partial charge in [0.15, 0.2) is 0 Å². The Bertz CT molecular complexity index is 1150. The van der Waals surface area contributed by atoms with Crippen LogP contribution in [0.15, 0.2) is 36.5 Å². The molecule has 1 spiro atoms. The number of methoxy groups -OCH3 is 1. The van der Waals surface area contributed by atoms with Gasteiger partial charge in [-0.25, -0.2) is 4.79 Å². The molecule has 3 fully saturated rings. The second-order valence-electron chi connectivity index (χ2n) is 10.2. The second-order valence-corrected chi connectivity index (χ2v) is 10.2. The number of hydrogen-bond acceptors (Lipinski definition) is 4. The molecule has 1 aliphatic carbocycles. The molecule has 5 rings (SSSR count). The van der Waals surface area contributed by atoms with E-state index in [0.717, 1.165) is 36.6 Å². The van der Waals surface area contributed by atoms with Crippen LogP contribution in [-0.4, -0.2) is 60.1 Å². The number of carbonyl (C=O) groups is 1. The maximum absolute atomic E-state index is 12.9. The van der Waals surface area contributed by atoms with Crippen molar-refractivity contribution in [1.82, 2.24) is 20.1 Å². The van der Waals surface area contributed by atoms with Gasteiger partial charge in [0.2, 0.25) is 0 Å². The average Bonchev–Trinajstić information content (AvgIpc) is 2.75. The molecule has 0 radical (unpaired) electrons. The van der Waals surface area contributed by atoms with Gasteiger partial charge in [-0.2, -0.15) is 26.3 Å². The Balaban J connectivity index is 1.04. The smallest absolute Gasteiger partial charge is 0.433 e. The van der Waals surface area contributed by atoms with Gasteiger partial charge in [0.05, 0.1) is 12.7 Å². The Hall–Kier alpha value is -3.02. The number of nitrogens with one attached hydrogen (secondary N) is 1. The van der Waals surface area contributed by atoms with E-state index in [1.807, 2.05) is 0 Å². The zero-order chi connectivity index (χ0) is 26.6. The highest BCUT2D eigenvalue weighted by Gasteiger charge is 2.55. The number of ether oxygens (including phenoxy) is 1. The van der Waals surface area contributed by atoms with Crippen LogP contribution in [0.5, 0.6) is 5.75 Å². The van der Waals surface area contributed by atoms with Gasteiger partial charge in [0, 0.05) is 55.9 Å². The fourth-order valence-electron chi connectivity index (χ4n) is 5.48. The van der Waals surface area contributed by atoms with Gasteiger partial charge < -0.3 is 19.9 Å². The Labute approximate surface area is 209 Å². The van der Waals surface area contributed by atoms with Gasteiger partial charge in [-0.05, 0) is 42.5 Å². The third kappa shape index (κ3) is 5.07. The van der Waals surface area contributed by atoms with Crippen LogP contribution >= 0.6 is 0 Å². The molecule has 0 unspecified atom stereocenters. The first-order valence-electron chi connectivity index (χ1n) is 11.9. The molecule has 2 saturated heterocycles. The van der Waals surface area contributed by atoms with Crippen LogP contribution in [0.4, 0.5) is 31.1 Å². The van der Waals surface area contributed by atoms with Gasteiger partial charge >= 0.3 is 18.4 Å². The summed E-state index contributed by atoms with van der Waals surface area (Å²) >= 11 is 0. The highest BCUT2D eigenvalue weighted by atomic mass is 19.4. The van der Waals surface area contributed by atoms with Crippen molar-refractivity contribution in [1.29, 1.82) is 0 Å². The van der Waals surface area contributed by atoms with Crippen molar-refractivity contribution in [2.75, 3.05) is 33.3 Å². The summed E-state index contributed by atoms with van der Waals surface area (Å²) in [7, 11) is 1.33. The largest absolute Gasteiger partial charge is 0.496 e. The molecular weight excluding hydrogens is 502 g/mol. The SMILES string of the molecule is COc1cc(C(F)(F)F)ccc1CNC1CN(C(=O)N2CC3(CC(c4ccc(C(F)(F)F)nc4)C3)C2)C1. The number of carbonyl (C=O) groups excluding carboxylic acids is 1. The summed E-state index contributed by atoms with van der Waals surface area (Å²) in [5.74, 6) is 0.318. The van der Waals surface area contributed by atoms with E-state index >= 15 is 0 Å². The van der Waals surface area contributed by atoms with Crippen molar-refractivity contribution in [2.24, 2.45) is 5.41 Å². The fraction of sp³-hybridized carbons (Fsp3) is 0.520. The maximum atomic E-state index is 12.9. The first-order chi connectivity index (χ1) is 17.4. The van der Waals surface area contributed by atoms with Gasteiger partial charge in [0.1, 0.15) is 11.4 Å². The fourth-order valence-corrected chi connectivity index (χ4v) is 5.48. The van der Waals surface area contributed by atoms with Crippen molar-refractivity contribution in [3.05, 3.63) is 58.9 Å². The number of rotatable bonds is 5. The Kier molecular flexibility index (Phi) is 6.28. The summed E-state index contributed by atoms with van der Waals surface area (Å²) in [6.45, 7) is 2.60. The molecule has 3 aliphatic rings.